The quantitative estimate of drug-likeness (QED) is 0.784. The van der Waals surface area contributed by atoms with Gasteiger partial charge in [-0.25, -0.2) is 4.39 Å². The van der Waals surface area contributed by atoms with Crippen LogP contribution in [0.15, 0.2) is 60.8 Å². The average Bonchev–Trinajstić information content (AvgIpc) is 2.52. The molecule has 0 saturated heterocycles. The zero-order chi connectivity index (χ0) is 14.7. The number of aromatic nitrogens is 1. The van der Waals surface area contributed by atoms with Gasteiger partial charge in [0.1, 0.15) is 5.82 Å². The van der Waals surface area contributed by atoms with Crippen LogP contribution in [0.3, 0.4) is 0 Å². The van der Waals surface area contributed by atoms with Crippen LogP contribution >= 0.6 is 0 Å². The van der Waals surface area contributed by atoms with E-state index in [9.17, 15) is 4.39 Å². The molecule has 0 fully saturated rings. The Kier molecular flexibility index (Phi) is 3.93. The minimum absolute atomic E-state index is 0.115. The van der Waals surface area contributed by atoms with Crippen molar-refractivity contribution < 1.29 is 4.39 Å². The molecule has 1 atom stereocenters. The van der Waals surface area contributed by atoms with Gasteiger partial charge >= 0.3 is 0 Å². The van der Waals surface area contributed by atoms with Gasteiger partial charge in [0.25, 0.3) is 0 Å². The van der Waals surface area contributed by atoms with Crippen LogP contribution < -0.4 is 5.32 Å². The Morgan fingerprint density at radius 2 is 1.95 bits per heavy atom. The van der Waals surface area contributed by atoms with Gasteiger partial charge in [-0.15, -0.1) is 0 Å². The second-order valence-electron chi connectivity index (χ2n) is 5.14. The molecule has 3 aromatic rings. The molecule has 0 radical (unpaired) electrons. The fourth-order valence-electron chi connectivity index (χ4n) is 2.56. The molecule has 0 spiro atoms. The Hall–Kier alpha value is -2.26. The molecule has 3 heteroatoms. The molecule has 0 aliphatic heterocycles. The van der Waals surface area contributed by atoms with Gasteiger partial charge < -0.3 is 5.32 Å². The second-order valence-corrected chi connectivity index (χ2v) is 5.14. The summed E-state index contributed by atoms with van der Waals surface area (Å²) in [7, 11) is 1.92. The van der Waals surface area contributed by atoms with E-state index in [2.05, 4.69) is 22.4 Å². The Bertz CT molecular complexity index is 755. The van der Waals surface area contributed by atoms with Crippen molar-refractivity contribution >= 4 is 10.9 Å². The number of halogens is 1. The number of likely N-dealkylation sites (N-methyl/N-ethyl adjacent to an activating group) is 1. The number of nitrogens with zero attached hydrogens (tertiary/aromatic N) is 1. The first kappa shape index (κ1) is 13.7. The lowest BCUT2D eigenvalue weighted by Crippen LogP contribution is -2.19. The number of benzene rings is 2. The van der Waals surface area contributed by atoms with Crippen molar-refractivity contribution in [1.29, 1.82) is 0 Å². The van der Waals surface area contributed by atoms with Crippen LogP contribution in [0.4, 0.5) is 4.39 Å². The molecule has 2 aromatic carbocycles. The van der Waals surface area contributed by atoms with E-state index in [-0.39, 0.29) is 11.9 Å². The maximum absolute atomic E-state index is 13.3. The molecule has 1 aromatic heterocycles. The van der Waals surface area contributed by atoms with Crippen molar-refractivity contribution in [1.82, 2.24) is 10.3 Å². The Balaban J connectivity index is 1.90. The molecule has 1 heterocycles. The molecular weight excluding hydrogens is 263 g/mol. The fraction of sp³-hybridized carbons (Fsp3) is 0.167. The van der Waals surface area contributed by atoms with Crippen molar-refractivity contribution in [3.05, 3.63) is 77.7 Å². The molecule has 0 saturated carbocycles. The molecule has 0 amide bonds. The SMILES string of the molecule is CNC(Cc1cccc(F)c1)c1cnc2ccccc2c1. The number of pyridine rings is 1. The van der Waals surface area contributed by atoms with Crippen molar-refractivity contribution in [3.8, 4) is 0 Å². The largest absolute Gasteiger partial charge is 0.313 e. The topological polar surface area (TPSA) is 24.9 Å². The summed E-state index contributed by atoms with van der Waals surface area (Å²) in [6.07, 6.45) is 2.62. The molecule has 3 rings (SSSR count). The van der Waals surface area contributed by atoms with Crippen LogP contribution in [0.2, 0.25) is 0 Å². The number of hydrogen-bond donors (Lipinski definition) is 1. The second kappa shape index (κ2) is 6.02. The molecule has 21 heavy (non-hydrogen) atoms. The Labute approximate surface area is 123 Å². The highest BCUT2D eigenvalue weighted by molar-refractivity contribution is 5.78. The number of fused-ring (bicyclic) bond motifs is 1. The standard InChI is InChI=1S/C18H17FN2/c1-20-18(10-13-5-4-7-16(19)9-13)15-11-14-6-2-3-8-17(14)21-12-15/h2-9,11-12,18,20H,10H2,1H3. The smallest absolute Gasteiger partial charge is 0.123 e. The van der Waals surface area contributed by atoms with Gasteiger partial charge in [-0.05, 0) is 48.9 Å². The molecule has 1 unspecified atom stereocenters. The third-order valence-electron chi connectivity index (χ3n) is 3.69. The van der Waals surface area contributed by atoms with E-state index < -0.39 is 0 Å². The lowest BCUT2D eigenvalue weighted by Gasteiger charge is -2.17. The first-order valence-corrected chi connectivity index (χ1v) is 7.02. The Morgan fingerprint density at radius 3 is 2.76 bits per heavy atom. The van der Waals surface area contributed by atoms with Crippen LogP contribution in [0.25, 0.3) is 10.9 Å². The van der Waals surface area contributed by atoms with E-state index in [0.717, 1.165) is 28.5 Å². The zero-order valence-corrected chi connectivity index (χ0v) is 11.9. The normalized spacial score (nSPS) is 12.5. The van der Waals surface area contributed by atoms with Crippen LogP contribution in [0.5, 0.6) is 0 Å². The summed E-state index contributed by atoms with van der Waals surface area (Å²) in [5.41, 5.74) is 3.07. The van der Waals surface area contributed by atoms with Gasteiger partial charge in [0.05, 0.1) is 5.52 Å². The van der Waals surface area contributed by atoms with Gasteiger partial charge in [0, 0.05) is 17.6 Å². The van der Waals surface area contributed by atoms with E-state index in [1.807, 2.05) is 37.5 Å². The zero-order valence-electron chi connectivity index (χ0n) is 11.9. The lowest BCUT2D eigenvalue weighted by molar-refractivity contribution is 0.583. The van der Waals surface area contributed by atoms with Crippen molar-refractivity contribution in [2.45, 2.75) is 12.5 Å². The number of rotatable bonds is 4. The third-order valence-corrected chi connectivity index (χ3v) is 3.69. The van der Waals surface area contributed by atoms with Gasteiger partial charge in [-0.2, -0.15) is 0 Å². The molecule has 1 N–H and O–H groups in total. The van der Waals surface area contributed by atoms with Crippen LogP contribution in [0.1, 0.15) is 17.2 Å². The average molecular weight is 280 g/mol. The van der Waals surface area contributed by atoms with Gasteiger partial charge in [-0.1, -0.05) is 30.3 Å². The summed E-state index contributed by atoms with van der Waals surface area (Å²) < 4.78 is 13.3. The fourth-order valence-corrected chi connectivity index (χ4v) is 2.56. The molecule has 0 bridgehead atoms. The molecule has 0 aliphatic carbocycles. The highest BCUT2D eigenvalue weighted by Crippen LogP contribution is 2.21. The molecular formula is C18H17FN2. The highest BCUT2D eigenvalue weighted by atomic mass is 19.1. The summed E-state index contributed by atoms with van der Waals surface area (Å²) in [6, 6.07) is 17.0. The van der Waals surface area contributed by atoms with E-state index in [1.165, 1.54) is 6.07 Å². The maximum atomic E-state index is 13.3. The summed E-state index contributed by atoms with van der Waals surface area (Å²) in [6.45, 7) is 0. The van der Waals surface area contributed by atoms with Gasteiger partial charge in [0.15, 0.2) is 0 Å². The van der Waals surface area contributed by atoms with Gasteiger partial charge in [0.2, 0.25) is 0 Å². The maximum Gasteiger partial charge on any atom is 0.123 e. The van der Waals surface area contributed by atoms with Crippen molar-refractivity contribution in [2.24, 2.45) is 0 Å². The predicted molar refractivity (Wildman–Crippen MR) is 83.6 cm³/mol. The number of nitrogens with one attached hydrogen (secondary N) is 1. The summed E-state index contributed by atoms with van der Waals surface area (Å²) in [4.78, 5) is 4.50. The number of para-hydroxylation sites is 1. The predicted octanol–water partition coefficient (Wildman–Crippen LogP) is 3.88. The van der Waals surface area contributed by atoms with Crippen molar-refractivity contribution in [3.63, 3.8) is 0 Å². The first-order valence-electron chi connectivity index (χ1n) is 7.02. The first-order chi connectivity index (χ1) is 10.3. The van der Waals surface area contributed by atoms with E-state index in [1.54, 1.807) is 12.1 Å². The van der Waals surface area contributed by atoms with E-state index in [0.29, 0.717) is 0 Å². The molecule has 106 valence electrons. The van der Waals surface area contributed by atoms with Crippen LogP contribution in [-0.4, -0.2) is 12.0 Å². The summed E-state index contributed by atoms with van der Waals surface area (Å²) >= 11 is 0. The van der Waals surface area contributed by atoms with Crippen LogP contribution in [0, 0.1) is 5.82 Å². The highest BCUT2D eigenvalue weighted by Gasteiger charge is 2.11. The van der Waals surface area contributed by atoms with E-state index in [4.69, 9.17) is 0 Å². The summed E-state index contributed by atoms with van der Waals surface area (Å²) in [5.74, 6) is -0.195. The molecule has 0 aliphatic rings. The summed E-state index contributed by atoms with van der Waals surface area (Å²) in [5, 5.41) is 4.41. The minimum atomic E-state index is -0.195. The minimum Gasteiger partial charge on any atom is -0.313 e. The van der Waals surface area contributed by atoms with Gasteiger partial charge in [-0.3, -0.25) is 4.98 Å². The molecule has 2 nitrogen and oxygen atoms in total. The monoisotopic (exact) mass is 280 g/mol. The Morgan fingerprint density at radius 1 is 1.10 bits per heavy atom. The van der Waals surface area contributed by atoms with Crippen molar-refractivity contribution in [2.75, 3.05) is 7.05 Å². The van der Waals surface area contributed by atoms with Crippen LogP contribution in [-0.2, 0) is 6.42 Å². The lowest BCUT2D eigenvalue weighted by atomic mass is 9.99. The number of hydrogen-bond acceptors (Lipinski definition) is 2. The van der Waals surface area contributed by atoms with E-state index >= 15 is 0 Å². The third kappa shape index (κ3) is 3.09.